The molecule has 0 unspecified atom stereocenters. The summed E-state index contributed by atoms with van der Waals surface area (Å²) >= 11 is 0. The highest BCUT2D eigenvalue weighted by atomic mass is 15.0. The molecule has 0 bridgehead atoms. The third kappa shape index (κ3) is 2.46. The number of hydrogen-bond donors (Lipinski definition) is 1. The van der Waals surface area contributed by atoms with Gasteiger partial charge < -0.3 is 4.90 Å². The molecule has 0 saturated carbocycles. The number of nitrogens with one attached hydrogen (secondary N) is 1. The van der Waals surface area contributed by atoms with E-state index in [4.69, 9.17) is 0 Å². The molecule has 0 fully saturated rings. The molecule has 0 atom stereocenters. The predicted molar refractivity (Wildman–Crippen MR) is 71.5 cm³/mol. The highest BCUT2D eigenvalue weighted by molar-refractivity contribution is 5.49. The van der Waals surface area contributed by atoms with Crippen LogP contribution in [0.1, 0.15) is 33.4 Å². The molecule has 0 aromatic heterocycles. The molecule has 1 aromatic carbocycles. The summed E-state index contributed by atoms with van der Waals surface area (Å²) in [5, 5.41) is 0. The first-order valence-corrected chi connectivity index (χ1v) is 6.21. The fourth-order valence-electron chi connectivity index (χ4n) is 2.33. The number of quaternary nitrogens is 1. The van der Waals surface area contributed by atoms with Gasteiger partial charge in [-0.05, 0) is 68.0 Å². The second kappa shape index (κ2) is 5.01. The Balaban J connectivity index is 3.18. The van der Waals surface area contributed by atoms with E-state index < -0.39 is 0 Å². The fourth-order valence-corrected chi connectivity index (χ4v) is 2.33. The molecule has 0 aliphatic rings. The van der Waals surface area contributed by atoms with E-state index in [0.29, 0.717) is 0 Å². The Hall–Kier alpha value is -0.820. The zero-order valence-electron chi connectivity index (χ0n) is 11.9. The SMILES string of the molecule is Cc1c(C)c(C)c(CC[NH+](C)C)c(C)c1C. The quantitative estimate of drug-likeness (QED) is 0.794. The van der Waals surface area contributed by atoms with Gasteiger partial charge in [0.2, 0.25) is 0 Å². The topological polar surface area (TPSA) is 4.44 Å². The summed E-state index contributed by atoms with van der Waals surface area (Å²) in [6, 6.07) is 0. The number of benzene rings is 1. The van der Waals surface area contributed by atoms with Crippen LogP contribution in [-0.2, 0) is 6.42 Å². The molecule has 0 aliphatic heterocycles. The van der Waals surface area contributed by atoms with Gasteiger partial charge in [-0.15, -0.1) is 0 Å². The molecule has 1 N–H and O–H groups in total. The molecule has 1 aromatic rings. The van der Waals surface area contributed by atoms with Crippen LogP contribution in [0, 0.1) is 34.6 Å². The van der Waals surface area contributed by atoms with Crippen molar-refractivity contribution in [1.82, 2.24) is 0 Å². The van der Waals surface area contributed by atoms with Gasteiger partial charge >= 0.3 is 0 Å². The van der Waals surface area contributed by atoms with Crippen LogP contribution in [0.2, 0.25) is 0 Å². The van der Waals surface area contributed by atoms with E-state index in [1.807, 2.05) is 0 Å². The van der Waals surface area contributed by atoms with Crippen molar-refractivity contribution in [3.8, 4) is 0 Å². The van der Waals surface area contributed by atoms with E-state index in [0.717, 1.165) is 0 Å². The minimum atomic E-state index is 1.20. The molecule has 0 heterocycles. The standard InChI is InChI=1S/C15H25N/c1-10-11(2)13(4)15(8-9-16(6)7)14(5)12(10)3/h8-9H2,1-7H3/p+1. The van der Waals surface area contributed by atoms with Crippen LogP contribution in [0.5, 0.6) is 0 Å². The van der Waals surface area contributed by atoms with E-state index >= 15 is 0 Å². The Morgan fingerprint density at radius 3 is 1.44 bits per heavy atom. The Bertz CT molecular complexity index is 360. The lowest BCUT2D eigenvalue weighted by Gasteiger charge is -2.19. The fraction of sp³-hybridized carbons (Fsp3) is 0.600. The zero-order valence-corrected chi connectivity index (χ0v) is 11.9. The van der Waals surface area contributed by atoms with E-state index in [1.165, 1.54) is 45.7 Å². The first kappa shape index (κ1) is 13.2. The Labute approximate surface area is 100 Å². The zero-order chi connectivity index (χ0) is 12.5. The summed E-state index contributed by atoms with van der Waals surface area (Å²) in [5.41, 5.74) is 9.00. The Kier molecular flexibility index (Phi) is 4.15. The third-order valence-corrected chi connectivity index (χ3v) is 4.03. The van der Waals surface area contributed by atoms with Crippen LogP contribution in [0.15, 0.2) is 0 Å². The Morgan fingerprint density at radius 1 is 0.688 bits per heavy atom. The summed E-state index contributed by atoms with van der Waals surface area (Å²) in [6.07, 6.45) is 1.20. The van der Waals surface area contributed by atoms with Crippen molar-refractivity contribution in [3.63, 3.8) is 0 Å². The lowest BCUT2D eigenvalue weighted by Crippen LogP contribution is -3.06. The van der Waals surface area contributed by atoms with Gasteiger partial charge in [0.15, 0.2) is 0 Å². The third-order valence-electron chi connectivity index (χ3n) is 4.03. The largest absolute Gasteiger partial charge is 0.340 e. The first-order chi connectivity index (χ1) is 7.36. The van der Waals surface area contributed by atoms with Crippen LogP contribution in [0.3, 0.4) is 0 Å². The lowest BCUT2D eigenvalue weighted by molar-refractivity contribution is -0.858. The highest BCUT2D eigenvalue weighted by Gasteiger charge is 2.12. The van der Waals surface area contributed by atoms with Crippen molar-refractivity contribution in [2.75, 3.05) is 20.6 Å². The van der Waals surface area contributed by atoms with Gasteiger partial charge in [-0.3, -0.25) is 0 Å². The smallest absolute Gasteiger partial charge is 0.0808 e. The molecule has 1 heteroatoms. The van der Waals surface area contributed by atoms with Gasteiger partial charge in [-0.1, -0.05) is 0 Å². The van der Waals surface area contributed by atoms with E-state index in [9.17, 15) is 0 Å². The van der Waals surface area contributed by atoms with E-state index in [-0.39, 0.29) is 0 Å². The molecule has 0 aliphatic carbocycles. The minimum Gasteiger partial charge on any atom is -0.340 e. The first-order valence-electron chi connectivity index (χ1n) is 6.21. The maximum absolute atomic E-state index is 2.27. The molecule has 0 spiro atoms. The molecular weight excluding hydrogens is 194 g/mol. The van der Waals surface area contributed by atoms with Crippen molar-refractivity contribution in [3.05, 3.63) is 33.4 Å². The van der Waals surface area contributed by atoms with Crippen LogP contribution in [0.4, 0.5) is 0 Å². The summed E-state index contributed by atoms with van der Waals surface area (Å²) < 4.78 is 0. The average molecular weight is 220 g/mol. The molecule has 0 saturated heterocycles. The van der Waals surface area contributed by atoms with Gasteiger partial charge in [0, 0.05) is 6.42 Å². The second-order valence-corrected chi connectivity index (χ2v) is 5.31. The molecule has 1 rings (SSSR count). The van der Waals surface area contributed by atoms with Gasteiger partial charge in [0.25, 0.3) is 0 Å². The number of likely N-dealkylation sites (N-methyl/N-ethyl adjacent to an activating group) is 1. The summed E-state index contributed by atoms with van der Waals surface area (Å²) in [4.78, 5) is 1.52. The predicted octanol–water partition coefficient (Wildman–Crippen LogP) is 1.92. The van der Waals surface area contributed by atoms with Crippen LogP contribution >= 0.6 is 0 Å². The Morgan fingerprint density at radius 2 is 1.06 bits per heavy atom. The number of hydrogen-bond acceptors (Lipinski definition) is 0. The lowest BCUT2D eigenvalue weighted by atomic mass is 9.88. The normalized spacial score (nSPS) is 11.2. The van der Waals surface area contributed by atoms with Gasteiger partial charge in [0.1, 0.15) is 0 Å². The summed E-state index contributed by atoms with van der Waals surface area (Å²) in [6.45, 7) is 12.5. The monoisotopic (exact) mass is 220 g/mol. The minimum absolute atomic E-state index is 1.20. The highest BCUT2D eigenvalue weighted by Crippen LogP contribution is 2.25. The van der Waals surface area contributed by atoms with Crippen LogP contribution in [0.25, 0.3) is 0 Å². The van der Waals surface area contributed by atoms with E-state index in [1.54, 1.807) is 5.56 Å². The molecule has 0 radical (unpaired) electrons. The maximum Gasteiger partial charge on any atom is 0.0808 e. The molecule has 1 nitrogen and oxygen atoms in total. The maximum atomic E-state index is 2.27. The molecule has 90 valence electrons. The molecule has 0 amide bonds. The molecular formula is C15H26N+. The van der Waals surface area contributed by atoms with Crippen LogP contribution < -0.4 is 4.90 Å². The number of rotatable bonds is 3. The van der Waals surface area contributed by atoms with Crippen molar-refractivity contribution < 1.29 is 4.90 Å². The van der Waals surface area contributed by atoms with Crippen molar-refractivity contribution in [1.29, 1.82) is 0 Å². The summed E-state index contributed by atoms with van der Waals surface area (Å²) in [5.74, 6) is 0. The van der Waals surface area contributed by atoms with Crippen molar-refractivity contribution >= 4 is 0 Å². The van der Waals surface area contributed by atoms with Crippen molar-refractivity contribution in [2.24, 2.45) is 0 Å². The average Bonchev–Trinajstić information content (AvgIpc) is 2.23. The van der Waals surface area contributed by atoms with Gasteiger partial charge in [-0.25, -0.2) is 0 Å². The van der Waals surface area contributed by atoms with Gasteiger partial charge in [0.05, 0.1) is 20.6 Å². The molecule has 16 heavy (non-hydrogen) atoms. The van der Waals surface area contributed by atoms with E-state index in [2.05, 4.69) is 48.7 Å². The summed E-state index contributed by atoms with van der Waals surface area (Å²) in [7, 11) is 4.44. The second-order valence-electron chi connectivity index (χ2n) is 5.31. The van der Waals surface area contributed by atoms with Gasteiger partial charge in [-0.2, -0.15) is 0 Å². The van der Waals surface area contributed by atoms with Crippen molar-refractivity contribution in [2.45, 2.75) is 41.0 Å². The van der Waals surface area contributed by atoms with Crippen LogP contribution in [-0.4, -0.2) is 20.6 Å².